The van der Waals surface area contributed by atoms with Gasteiger partial charge in [-0.15, -0.1) is 21.0 Å². The molecule has 11 heavy (non-hydrogen) atoms. The standard InChI is InChI=1S/C9H19P.ClH/c1-8(2)6-7-10-9-4-3-5-9;/h8-10H,3-7H2,1-2H3;1H. The van der Waals surface area contributed by atoms with Crippen LogP contribution >= 0.6 is 21.0 Å². The first kappa shape index (κ1) is 11.7. The van der Waals surface area contributed by atoms with Gasteiger partial charge in [0.05, 0.1) is 0 Å². The highest BCUT2D eigenvalue weighted by molar-refractivity contribution is 7.38. The highest BCUT2D eigenvalue weighted by Crippen LogP contribution is 2.36. The summed E-state index contributed by atoms with van der Waals surface area (Å²) in [7, 11) is 1.29. The third kappa shape index (κ3) is 5.04. The van der Waals surface area contributed by atoms with E-state index in [0.717, 1.165) is 11.6 Å². The normalized spacial score (nSPS) is 18.8. The molecule has 0 bridgehead atoms. The maximum atomic E-state index is 2.32. The summed E-state index contributed by atoms with van der Waals surface area (Å²) < 4.78 is 0. The van der Waals surface area contributed by atoms with Crippen molar-refractivity contribution in [3.05, 3.63) is 0 Å². The molecule has 0 nitrogen and oxygen atoms in total. The minimum absolute atomic E-state index is 0. The van der Waals surface area contributed by atoms with Crippen molar-refractivity contribution in [2.75, 3.05) is 6.16 Å². The maximum Gasteiger partial charge on any atom is -0.0237 e. The van der Waals surface area contributed by atoms with Crippen molar-refractivity contribution in [1.82, 2.24) is 0 Å². The molecule has 0 aliphatic heterocycles. The smallest absolute Gasteiger partial charge is 0.0237 e. The highest BCUT2D eigenvalue weighted by Gasteiger charge is 2.16. The lowest BCUT2D eigenvalue weighted by atomic mass is 10.00. The Morgan fingerprint density at radius 3 is 2.36 bits per heavy atom. The topological polar surface area (TPSA) is 0 Å². The van der Waals surface area contributed by atoms with E-state index in [1.165, 1.54) is 40.4 Å². The van der Waals surface area contributed by atoms with Crippen LogP contribution in [0.25, 0.3) is 0 Å². The number of hydrogen-bond donors (Lipinski definition) is 0. The minimum atomic E-state index is 0. The number of rotatable bonds is 4. The van der Waals surface area contributed by atoms with Gasteiger partial charge in [-0.3, -0.25) is 0 Å². The Morgan fingerprint density at radius 1 is 1.36 bits per heavy atom. The summed E-state index contributed by atoms with van der Waals surface area (Å²) in [5.74, 6) is 0.924. The van der Waals surface area contributed by atoms with Gasteiger partial charge in [0.2, 0.25) is 0 Å². The van der Waals surface area contributed by atoms with E-state index in [1.54, 1.807) is 0 Å². The second-order valence-electron chi connectivity index (χ2n) is 3.76. The summed E-state index contributed by atoms with van der Waals surface area (Å²) in [5.41, 5.74) is 1.15. The lowest BCUT2D eigenvalue weighted by Crippen LogP contribution is -2.12. The molecule has 1 aliphatic rings. The van der Waals surface area contributed by atoms with E-state index in [1.807, 2.05) is 0 Å². The van der Waals surface area contributed by atoms with Gasteiger partial charge in [0, 0.05) is 0 Å². The molecule has 0 N–H and O–H groups in total. The van der Waals surface area contributed by atoms with Gasteiger partial charge in [-0.2, -0.15) is 0 Å². The average Bonchev–Trinajstić information content (AvgIpc) is 1.75. The van der Waals surface area contributed by atoms with Gasteiger partial charge in [-0.1, -0.05) is 20.3 Å². The van der Waals surface area contributed by atoms with Crippen LogP contribution in [0.15, 0.2) is 0 Å². The van der Waals surface area contributed by atoms with Gasteiger partial charge in [-0.25, -0.2) is 0 Å². The largest absolute Gasteiger partial charge is 0.147 e. The van der Waals surface area contributed by atoms with Crippen LogP contribution in [0.1, 0.15) is 39.5 Å². The Morgan fingerprint density at radius 2 is 2.00 bits per heavy atom. The fourth-order valence-corrected chi connectivity index (χ4v) is 3.16. The second-order valence-corrected chi connectivity index (χ2v) is 5.49. The molecule has 1 fully saturated rings. The lowest BCUT2D eigenvalue weighted by molar-refractivity contribution is 0.516. The van der Waals surface area contributed by atoms with E-state index in [9.17, 15) is 0 Å². The van der Waals surface area contributed by atoms with Crippen molar-refractivity contribution in [2.45, 2.75) is 45.2 Å². The highest BCUT2D eigenvalue weighted by atomic mass is 35.5. The molecule has 0 amide bonds. The van der Waals surface area contributed by atoms with E-state index in [0.29, 0.717) is 0 Å². The van der Waals surface area contributed by atoms with Gasteiger partial charge >= 0.3 is 0 Å². The molecule has 1 rings (SSSR count). The molecular formula is C9H20ClP. The second kappa shape index (κ2) is 6.26. The van der Waals surface area contributed by atoms with E-state index < -0.39 is 0 Å². The summed E-state index contributed by atoms with van der Waals surface area (Å²) in [6, 6.07) is 0. The van der Waals surface area contributed by atoms with E-state index in [-0.39, 0.29) is 12.4 Å². The van der Waals surface area contributed by atoms with E-state index in [2.05, 4.69) is 13.8 Å². The molecule has 2 heteroatoms. The monoisotopic (exact) mass is 194 g/mol. The summed E-state index contributed by atoms with van der Waals surface area (Å²) in [6.45, 7) is 4.65. The third-order valence-corrected chi connectivity index (χ3v) is 3.99. The van der Waals surface area contributed by atoms with Crippen molar-refractivity contribution < 1.29 is 0 Å². The Labute approximate surface area is 78.7 Å². The molecule has 0 spiro atoms. The SMILES string of the molecule is CC(C)CCPC1CCC1.Cl. The van der Waals surface area contributed by atoms with Crippen LogP contribution < -0.4 is 0 Å². The van der Waals surface area contributed by atoms with Crippen molar-refractivity contribution in [2.24, 2.45) is 5.92 Å². The van der Waals surface area contributed by atoms with Crippen molar-refractivity contribution in [1.29, 1.82) is 0 Å². The summed E-state index contributed by atoms with van der Waals surface area (Å²) >= 11 is 0. The summed E-state index contributed by atoms with van der Waals surface area (Å²) in [6.07, 6.45) is 7.55. The van der Waals surface area contributed by atoms with Crippen LogP contribution in [0, 0.1) is 5.92 Å². The average molecular weight is 195 g/mol. The lowest BCUT2D eigenvalue weighted by Gasteiger charge is -2.25. The van der Waals surface area contributed by atoms with Crippen LogP contribution in [0.3, 0.4) is 0 Å². The molecule has 1 unspecified atom stereocenters. The van der Waals surface area contributed by atoms with E-state index in [4.69, 9.17) is 0 Å². The minimum Gasteiger partial charge on any atom is -0.147 e. The quantitative estimate of drug-likeness (QED) is 0.599. The fraction of sp³-hybridized carbons (Fsp3) is 1.00. The predicted octanol–water partition coefficient (Wildman–Crippen LogP) is 3.69. The zero-order chi connectivity index (χ0) is 7.40. The molecule has 1 aliphatic carbocycles. The molecule has 1 atom stereocenters. The first-order chi connectivity index (χ1) is 4.79. The molecule has 0 saturated heterocycles. The maximum absolute atomic E-state index is 2.32. The molecule has 0 radical (unpaired) electrons. The van der Waals surface area contributed by atoms with Crippen molar-refractivity contribution in [3.8, 4) is 0 Å². The number of hydrogen-bond acceptors (Lipinski definition) is 0. The van der Waals surface area contributed by atoms with Crippen LogP contribution in [-0.4, -0.2) is 11.8 Å². The Kier molecular flexibility index (Phi) is 6.67. The van der Waals surface area contributed by atoms with Gasteiger partial charge < -0.3 is 0 Å². The van der Waals surface area contributed by atoms with Gasteiger partial charge in [0.15, 0.2) is 0 Å². The molecule has 0 aromatic heterocycles. The van der Waals surface area contributed by atoms with Crippen LogP contribution in [0.5, 0.6) is 0 Å². The zero-order valence-electron chi connectivity index (χ0n) is 7.60. The van der Waals surface area contributed by atoms with Gasteiger partial charge in [0.25, 0.3) is 0 Å². The summed E-state index contributed by atoms with van der Waals surface area (Å²) in [5, 5.41) is 0. The molecular weight excluding hydrogens is 175 g/mol. The molecule has 0 aromatic rings. The van der Waals surface area contributed by atoms with Gasteiger partial charge in [-0.05, 0) is 37.0 Å². The van der Waals surface area contributed by atoms with E-state index >= 15 is 0 Å². The third-order valence-electron chi connectivity index (χ3n) is 2.26. The molecule has 1 saturated carbocycles. The van der Waals surface area contributed by atoms with Crippen molar-refractivity contribution in [3.63, 3.8) is 0 Å². The summed E-state index contributed by atoms with van der Waals surface area (Å²) in [4.78, 5) is 0. The van der Waals surface area contributed by atoms with Crippen LogP contribution in [0.2, 0.25) is 0 Å². The van der Waals surface area contributed by atoms with Crippen LogP contribution in [-0.2, 0) is 0 Å². The predicted molar refractivity (Wildman–Crippen MR) is 57.5 cm³/mol. The van der Waals surface area contributed by atoms with Crippen LogP contribution in [0.4, 0.5) is 0 Å². The van der Waals surface area contributed by atoms with Crippen molar-refractivity contribution >= 4 is 21.0 Å². The Balaban J connectivity index is 0.000001000. The molecule has 0 aromatic carbocycles. The van der Waals surface area contributed by atoms with Gasteiger partial charge in [0.1, 0.15) is 0 Å². The Hall–Kier alpha value is 0.720. The first-order valence-corrected chi connectivity index (χ1v) is 5.81. The zero-order valence-corrected chi connectivity index (χ0v) is 9.41. The Bertz CT molecular complexity index is 89.6. The fourth-order valence-electron chi connectivity index (χ4n) is 1.19. The molecule has 68 valence electrons. The first-order valence-electron chi connectivity index (χ1n) is 4.52. The molecule has 0 heterocycles. The number of halogens is 1.